The van der Waals surface area contributed by atoms with Gasteiger partial charge in [0.2, 0.25) is 0 Å². The van der Waals surface area contributed by atoms with E-state index in [0.29, 0.717) is 18.1 Å². The topological polar surface area (TPSA) is 83.8 Å². The smallest absolute Gasteiger partial charge is 0.269 e. The Labute approximate surface area is 105 Å². The molecule has 0 saturated heterocycles. The van der Waals surface area contributed by atoms with Crippen molar-refractivity contribution in [3.8, 4) is 0 Å². The Kier molecular flexibility index (Phi) is 3.96. The van der Waals surface area contributed by atoms with Crippen molar-refractivity contribution < 1.29 is 4.79 Å². The first kappa shape index (κ1) is 12.2. The van der Waals surface area contributed by atoms with E-state index in [1.165, 1.54) is 11.6 Å². The predicted octanol–water partition coefficient (Wildman–Crippen LogP) is 1.35. The van der Waals surface area contributed by atoms with Gasteiger partial charge in [-0.2, -0.15) is 5.10 Å². The monoisotopic (exact) mass is 244 g/mol. The minimum Gasteiger partial charge on any atom is -0.382 e. The standard InChI is InChI=1S/C13H16N4O/c14-12-9-11(16-17-12)13(18)15-8-4-7-10-5-2-1-3-6-10/h1-3,5-6,9H,4,7-8H2,(H,15,18)(H3,14,16,17). The van der Waals surface area contributed by atoms with Crippen LogP contribution >= 0.6 is 0 Å². The summed E-state index contributed by atoms with van der Waals surface area (Å²) < 4.78 is 0. The molecule has 1 aromatic heterocycles. The van der Waals surface area contributed by atoms with Gasteiger partial charge >= 0.3 is 0 Å². The molecule has 1 amide bonds. The second-order valence-corrected chi connectivity index (χ2v) is 4.05. The van der Waals surface area contributed by atoms with Gasteiger partial charge in [-0.3, -0.25) is 9.89 Å². The Balaban J connectivity index is 1.71. The number of nitrogen functional groups attached to an aromatic ring is 1. The first-order valence-corrected chi connectivity index (χ1v) is 5.89. The number of nitrogens with zero attached hydrogens (tertiary/aromatic N) is 1. The summed E-state index contributed by atoms with van der Waals surface area (Å²) in [5.41, 5.74) is 7.10. The van der Waals surface area contributed by atoms with Crippen LogP contribution < -0.4 is 11.1 Å². The fourth-order valence-corrected chi connectivity index (χ4v) is 1.69. The number of benzene rings is 1. The van der Waals surface area contributed by atoms with E-state index >= 15 is 0 Å². The molecule has 5 heteroatoms. The molecule has 2 aromatic rings. The number of aromatic amines is 1. The summed E-state index contributed by atoms with van der Waals surface area (Å²) in [4.78, 5) is 11.6. The zero-order valence-corrected chi connectivity index (χ0v) is 10.0. The summed E-state index contributed by atoms with van der Waals surface area (Å²) in [6.45, 7) is 0.632. The molecule has 0 spiro atoms. The molecule has 4 N–H and O–H groups in total. The molecule has 0 aliphatic carbocycles. The summed E-state index contributed by atoms with van der Waals surface area (Å²) in [6, 6.07) is 11.7. The number of H-pyrrole nitrogens is 1. The summed E-state index contributed by atoms with van der Waals surface area (Å²) in [7, 11) is 0. The van der Waals surface area contributed by atoms with Gasteiger partial charge in [0.05, 0.1) is 0 Å². The number of rotatable bonds is 5. The number of carbonyl (C=O) groups excluding carboxylic acids is 1. The number of aryl methyl sites for hydroxylation is 1. The molecule has 0 fully saturated rings. The molecule has 1 aromatic carbocycles. The highest BCUT2D eigenvalue weighted by atomic mass is 16.1. The molecule has 0 aliphatic rings. The Bertz CT molecular complexity index is 507. The molecule has 18 heavy (non-hydrogen) atoms. The van der Waals surface area contributed by atoms with Crippen LogP contribution in [0.2, 0.25) is 0 Å². The molecular formula is C13H16N4O. The number of carbonyl (C=O) groups is 1. The maximum Gasteiger partial charge on any atom is 0.269 e. The largest absolute Gasteiger partial charge is 0.382 e. The van der Waals surface area contributed by atoms with E-state index in [1.54, 1.807) is 0 Å². The predicted molar refractivity (Wildman–Crippen MR) is 70.1 cm³/mol. The average Bonchev–Trinajstić information content (AvgIpc) is 2.82. The van der Waals surface area contributed by atoms with Crippen LogP contribution in [0.5, 0.6) is 0 Å². The van der Waals surface area contributed by atoms with Crippen LogP contribution in [0.3, 0.4) is 0 Å². The third kappa shape index (κ3) is 3.35. The SMILES string of the molecule is Nc1cc(C(=O)NCCCc2ccccc2)[nH]n1. The highest BCUT2D eigenvalue weighted by Crippen LogP contribution is 2.02. The maximum atomic E-state index is 11.6. The minimum atomic E-state index is -0.174. The van der Waals surface area contributed by atoms with Crippen LogP contribution in [-0.2, 0) is 6.42 Å². The van der Waals surface area contributed by atoms with Gasteiger partial charge in [0, 0.05) is 12.6 Å². The van der Waals surface area contributed by atoms with Gasteiger partial charge in [0.15, 0.2) is 0 Å². The van der Waals surface area contributed by atoms with E-state index in [9.17, 15) is 4.79 Å². The number of hydrogen-bond acceptors (Lipinski definition) is 3. The van der Waals surface area contributed by atoms with Crippen LogP contribution in [0.4, 0.5) is 5.82 Å². The number of nitrogens with two attached hydrogens (primary N) is 1. The first-order chi connectivity index (χ1) is 8.75. The lowest BCUT2D eigenvalue weighted by Crippen LogP contribution is -2.25. The molecule has 5 nitrogen and oxygen atoms in total. The molecule has 0 unspecified atom stereocenters. The lowest BCUT2D eigenvalue weighted by atomic mass is 10.1. The highest BCUT2D eigenvalue weighted by Gasteiger charge is 2.07. The van der Waals surface area contributed by atoms with Gasteiger partial charge in [0.1, 0.15) is 11.5 Å². The van der Waals surface area contributed by atoms with Crippen molar-refractivity contribution in [2.24, 2.45) is 0 Å². The summed E-state index contributed by atoms with van der Waals surface area (Å²) in [5.74, 6) is 0.150. The fourth-order valence-electron chi connectivity index (χ4n) is 1.69. The van der Waals surface area contributed by atoms with E-state index in [1.807, 2.05) is 18.2 Å². The van der Waals surface area contributed by atoms with E-state index in [0.717, 1.165) is 12.8 Å². The van der Waals surface area contributed by atoms with E-state index < -0.39 is 0 Å². The van der Waals surface area contributed by atoms with Crippen LogP contribution in [0.1, 0.15) is 22.5 Å². The highest BCUT2D eigenvalue weighted by molar-refractivity contribution is 5.92. The van der Waals surface area contributed by atoms with Crippen molar-refractivity contribution in [1.29, 1.82) is 0 Å². The molecule has 1 heterocycles. The normalized spacial score (nSPS) is 10.2. The van der Waals surface area contributed by atoms with Crippen LogP contribution in [0, 0.1) is 0 Å². The van der Waals surface area contributed by atoms with Gasteiger partial charge in [-0.25, -0.2) is 0 Å². The van der Waals surface area contributed by atoms with Crippen molar-refractivity contribution in [3.05, 3.63) is 47.7 Å². The van der Waals surface area contributed by atoms with Crippen LogP contribution in [-0.4, -0.2) is 22.6 Å². The van der Waals surface area contributed by atoms with E-state index in [4.69, 9.17) is 5.73 Å². The van der Waals surface area contributed by atoms with Crippen LogP contribution in [0.25, 0.3) is 0 Å². The van der Waals surface area contributed by atoms with Gasteiger partial charge in [-0.15, -0.1) is 0 Å². The van der Waals surface area contributed by atoms with Gasteiger partial charge in [-0.1, -0.05) is 30.3 Å². The fraction of sp³-hybridized carbons (Fsp3) is 0.231. The third-order valence-corrected chi connectivity index (χ3v) is 2.61. The van der Waals surface area contributed by atoms with Crippen molar-refractivity contribution in [2.45, 2.75) is 12.8 Å². The van der Waals surface area contributed by atoms with Gasteiger partial charge < -0.3 is 11.1 Å². The number of amides is 1. The van der Waals surface area contributed by atoms with Crippen molar-refractivity contribution >= 4 is 11.7 Å². The Morgan fingerprint density at radius 3 is 2.78 bits per heavy atom. The van der Waals surface area contributed by atoms with Crippen molar-refractivity contribution in [3.63, 3.8) is 0 Å². The molecule has 0 aliphatic heterocycles. The van der Waals surface area contributed by atoms with E-state index in [2.05, 4.69) is 27.6 Å². The van der Waals surface area contributed by atoms with Crippen molar-refractivity contribution in [1.82, 2.24) is 15.5 Å². The molecule has 0 atom stereocenters. The minimum absolute atomic E-state index is 0.174. The zero-order chi connectivity index (χ0) is 12.8. The molecule has 0 bridgehead atoms. The molecule has 0 radical (unpaired) electrons. The van der Waals surface area contributed by atoms with E-state index in [-0.39, 0.29) is 5.91 Å². The molecular weight excluding hydrogens is 228 g/mol. The molecule has 94 valence electrons. The van der Waals surface area contributed by atoms with Crippen LogP contribution in [0.15, 0.2) is 36.4 Å². The number of nitrogens with one attached hydrogen (secondary N) is 2. The summed E-state index contributed by atoms with van der Waals surface area (Å²) in [5, 5.41) is 9.10. The Morgan fingerprint density at radius 2 is 2.11 bits per heavy atom. The van der Waals surface area contributed by atoms with Crippen molar-refractivity contribution in [2.75, 3.05) is 12.3 Å². The Hall–Kier alpha value is -2.30. The molecule has 0 saturated carbocycles. The Morgan fingerprint density at radius 1 is 1.33 bits per heavy atom. The second kappa shape index (κ2) is 5.86. The number of hydrogen-bond donors (Lipinski definition) is 3. The summed E-state index contributed by atoms with van der Waals surface area (Å²) in [6.07, 6.45) is 1.85. The van der Waals surface area contributed by atoms with Gasteiger partial charge in [0.25, 0.3) is 5.91 Å². The lowest BCUT2D eigenvalue weighted by Gasteiger charge is -2.03. The molecule has 2 rings (SSSR count). The maximum absolute atomic E-state index is 11.6. The van der Waals surface area contributed by atoms with Gasteiger partial charge in [-0.05, 0) is 18.4 Å². The second-order valence-electron chi connectivity index (χ2n) is 4.05. The zero-order valence-electron chi connectivity index (χ0n) is 10.0. The number of aromatic nitrogens is 2. The quantitative estimate of drug-likeness (QED) is 0.694. The third-order valence-electron chi connectivity index (χ3n) is 2.61. The summed E-state index contributed by atoms with van der Waals surface area (Å²) >= 11 is 0. The number of anilines is 1. The average molecular weight is 244 g/mol. The first-order valence-electron chi connectivity index (χ1n) is 5.89. The lowest BCUT2D eigenvalue weighted by molar-refractivity contribution is 0.0948.